The van der Waals surface area contributed by atoms with Crippen molar-refractivity contribution in [2.24, 2.45) is 0 Å². The Balaban J connectivity index is 1.79. The van der Waals surface area contributed by atoms with Crippen molar-refractivity contribution < 1.29 is 18.7 Å². The van der Waals surface area contributed by atoms with E-state index in [1.807, 2.05) is 30.3 Å². The average molecular weight is 420 g/mol. The van der Waals surface area contributed by atoms with Crippen LogP contribution in [0.2, 0.25) is 0 Å². The van der Waals surface area contributed by atoms with Crippen molar-refractivity contribution in [3.8, 4) is 0 Å². The molecule has 1 atom stereocenters. The van der Waals surface area contributed by atoms with Crippen molar-refractivity contribution in [2.45, 2.75) is 19.4 Å². The minimum Gasteiger partial charge on any atom is -0.449 e. The lowest BCUT2D eigenvalue weighted by Crippen LogP contribution is -2.36. The van der Waals surface area contributed by atoms with E-state index in [9.17, 15) is 14.0 Å². The lowest BCUT2D eigenvalue weighted by molar-refractivity contribution is -0.150. The molecule has 0 aliphatic heterocycles. The van der Waals surface area contributed by atoms with Gasteiger partial charge in [0.15, 0.2) is 6.10 Å². The van der Waals surface area contributed by atoms with Crippen LogP contribution >= 0.6 is 15.9 Å². The molecule has 0 spiro atoms. The highest BCUT2D eigenvalue weighted by molar-refractivity contribution is 9.10. The number of benzene rings is 2. The topological polar surface area (TPSA) is 55.4 Å². The van der Waals surface area contributed by atoms with Crippen LogP contribution in [-0.4, -0.2) is 24.5 Å². The van der Waals surface area contributed by atoms with Gasteiger partial charge in [0.2, 0.25) is 0 Å². The smallest absolute Gasteiger partial charge is 0.331 e. The van der Waals surface area contributed by atoms with Crippen molar-refractivity contribution in [2.75, 3.05) is 6.54 Å². The van der Waals surface area contributed by atoms with Gasteiger partial charge in [-0.15, -0.1) is 0 Å². The zero-order valence-corrected chi connectivity index (χ0v) is 15.8. The molecule has 2 aromatic rings. The Bertz CT molecular complexity index is 793. The standard InChI is InChI=1S/C20H19BrFNO3/c1-14(20(25)23-12-11-15-5-3-2-4-6-15)26-19(24)10-7-16-13-17(21)8-9-18(16)22/h2-10,13-14H,11-12H2,1H3,(H,23,25)/b10-7+. The first-order chi connectivity index (χ1) is 12.5. The zero-order chi connectivity index (χ0) is 18.9. The van der Waals surface area contributed by atoms with Crippen LogP contribution in [0, 0.1) is 5.82 Å². The predicted molar refractivity (Wildman–Crippen MR) is 102 cm³/mol. The normalized spacial score (nSPS) is 12.0. The quantitative estimate of drug-likeness (QED) is 0.546. The molecule has 26 heavy (non-hydrogen) atoms. The number of esters is 1. The Labute approximate surface area is 160 Å². The maximum absolute atomic E-state index is 13.6. The minimum atomic E-state index is -0.935. The van der Waals surface area contributed by atoms with E-state index in [1.165, 1.54) is 19.1 Å². The Morgan fingerprint density at radius 2 is 1.96 bits per heavy atom. The molecule has 0 bridgehead atoms. The molecule has 6 heteroatoms. The van der Waals surface area contributed by atoms with Crippen LogP contribution in [0.5, 0.6) is 0 Å². The van der Waals surface area contributed by atoms with Crippen LogP contribution in [0.4, 0.5) is 4.39 Å². The summed E-state index contributed by atoms with van der Waals surface area (Å²) in [5, 5.41) is 2.72. The summed E-state index contributed by atoms with van der Waals surface area (Å²) in [7, 11) is 0. The second-order valence-electron chi connectivity index (χ2n) is 5.60. The summed E-state index contributed by atoms with van der Waals surface area (Å²) in [5.74, 6) is -1.55. The second-order valence-corrected chi connectivity index (χ2v) is 6.52. The highest BCUT2D eigenvalue weighted by Crippen LogP contribution is 2.16. The lowest BCUT2D eigenvalue weighted by Gasteiger charge is -2.12. The second kappa shape index (κ2) is 9.87. The van der Waals surface area contributed by atoms with Crippen LogP contribution in [-0.2, 0) is 20.7 Å². The molecule has 136 valence electrons. The SMILES string of the molecule is CC(OC(=O)/C=C/c1cc(Br)ccc1F)C(=O)NCCc1ccccc1. The van der Waals surface area contributed by atoms with Gasteiger partial charge in [-0.2, -0.15) is 0 Å². The molecule has 2 aromatic carbocycles. The number of hydrogen-bond acceptors (Lipinski definition) is 3. The molecule has 1 N–H and O–H groups in total. The number of hydrogen-bond donors (Lipinski definition) is 1. The number of rotatable bonds is 7. The Morgan fingerprint density at radius 3 is 2.69 bits per heavy atom. The van der Waals surface area contributed by atoms with E-state index in [0.717, 1.165) is 11.6 Å². The van der Waals surface area contributed by atoms with E-state index in [1.54, 1.807) is 12.1 Å². The van der Waals surface area contributed by atoms with E-state index >= 15 is 0 Å². The Kier molecular flexibility index (Phi) is 7.53. The molecule has 1 amide bonds. The third kappa shape index (κ3) is 6.44. The fraction of sp³-hybridized carbons (Fsp3) is 0.200. The first-order valence-corrected chi connectivity index (χ1v) is 8.90. The fourth-order valence-electron chi connectivity index (χ4n) is 2.19. The van der Waals surface area contributed by atoms with Gasteiger partial charge in [0.05, 0.1) is 0 Å². The molecule has 0 aliphatic carbocycles. The van der Waals surface area contributed by atoms with E-state index in [-0.39, 0.29) is 11.5 Å². The summed E-state index contributed by atoms with van der Waals surface area (Å²) in [6.07, 6.45) is 2.16. The summed E-state index contributed by atoms with van der Waals surface area (Å²) in [6, 6.07) is 14.1. The van der Waals surface area contributed by atoms with Crippen LogP contribution in [0.3, 0.4) is 0 Å². The number of halogens is 2. The number of carbonyl (C=O) groups excluding carboxylic acids is 2. The largest absolute Gasteiger partial charge is 0.449 e. The number of carbonyl (C=O) groups is 2. The van der Waals surface area contributed by atoms with Gasteiger partial charge in [-0.3, -0.25) is 4.79 Å². The molecular formula is C20H19BrFNO3. The van der Waals surface area contributed by atoms with E-state index in [2.05, 4.69) is 21.2 Å². The first-order valence-electron chi connectivity index (χ1n) is 8.11. The molecule has 0 saturated carbocycles. The summed E-state index contributed by atoms with van der Waals surface area (Å²) in [4.78, 5) is 23.8. The molecule has 0 aromatic heterocycles. The Hall–Kier alpha value is -2.47. The minimum absolute atomic E-state index is 0.247. The summed E-state index contributed by atoms with van der Waals surface area (Å²) in [6.45, 7) is 1.94. The molecule has 0 fully saturated rings. The van der Waals surface area contributed by atoms with Crippen LogP contribution in [0.15, 0.2) is 59.1 Å². The third-order valence-electron chi connectivity index (χ3n) is 3.57. The summed E-state index contributed by atoms with van der Waals surface area (Å²) >= 11 is 3.23. The molecule has 2 rings (SSSR count). The van der Waals surface area contributed by atoms with Gasteiger partial charge in [0.25, 0.3) is 5.91 Å². The fourth-order valence-corrected chi connectivity index (χ4v) is 2.56. The van der Waals surface area contributed by atoms with Gasteiger partial charge >= 0.3 is 5.97 Å². The molecule has 0 aliphatic rings. The van der Waals surface area contributed by atoms with E-state index in [4.69, 9.17) is 4.74 Å². The molecular weight excluding hydrogens is 401 g/mol. The van der Waals surface area contributed by atoms with Crippen LogP contribution in [0.25, 0.3) is 6.08 Å². The van der Waals surface area contributed by atoms with Crippen molar-refractivity contribution in [3.05, 3.63) is 76.0 Å². The monoisotopic (exact) mass is 419 g/mol. The van der Waals surface area contributed by atoms with Crippen molar-refractivity contribution in [1.82, 2.24) is 5.32 Å². The maximum atomic E-state index is 13.6. The summed E-state index contributed by atoms with van der Waals surface area (Å²) in [5.41, 5.74) is 1.35. The predicted octanol–water partition coefficient (Wildman–Crippen LogP) is 3.89. The highest BCUT2D eigenvalue weighted by Gasteiger charge is 2.16. The lowest BCUT2D eigenvalue weighted by atomic mass is 10.1. The maximum Gasteiger partial charge on any atom is 0.331 e. The Morgan fingerprint density at radius 1 is 1.23 bits per heavy atom. The molecule has 0 radical (unpaired) electrons. The number of ether oxygens (including phenoxy) is 1. The van der Waals surface area contributed by atoms with Gasteiger partial charge in [-0.25, -0.2) is 9.18 Å². The van der Waals surface area contributed by atoms with Crippen molar-refractivity contribution in [3.63, 3.8) is 0 Å². The highest BCUT2D eigenvalue weighted by atomic mass is 79.9. The number of nitrogens with one attached hydrogen (secondary N) is 1. The van der Waals surface area contributed by atoms with Crippen LogP contribution in [0.1, 0.15) is 18.1 Å². The zero-order valence-electron chi connectivity index (χ0n) is 14.2. The molecule has 1 unspecified atom stereocenters. The van der Waals surface area contributed by atoms with E-state index in [0.29, 0.717) is 17.4 Å². The van der Waals surface area contributed by atoms with Gasteiger partial charge in [-0.1, -0.05) is 46.3 Å². The molecule has 4 nitrogen and oxygen atoms in total. The molecule has 0 saturated heterocycles. The van der Waals surface area contributed by atoms with Crippen molar-refractivity contribution in [1.29, 1.82) is 0 Å². The third-order valence-corrected chi connectivity index (χ3v) is 4.07. The van der Waals surface area contributed by atoms with Gasteiger partial charge < -0.3 is 10.1 Å². The van der Waals surface area contributed by atoms with Gasteiger partial charge in [0, 0.05) is 22.7 Å². The average Bonchev–Trinajstić information content (AvgIpc) is 2.63. The van der Waals surface area contributed by atoms with Crippen LogP contribution < -0.4 is 5.32 Å². The van der Waals surface area contributed by atoms with Gasteiger partial charge in [-0.05, 0) is 43.2 Å². The molecule has 0 heterocycles. The number of amides is 1. The summed E-state index contributed by atoms with van der Waals surface area (Å²) < 4.78 is 19.3. The van der Waals surface area contributed by atoms with Crippen molar-refractivity contribution >= 4 is 33.9 Å². The van der Waals surface area contributed by atoms with E-state index < -0.39 is 17.9 Å². The van der Waals surface area contributed by atoms with Gasteiger partial charge in [0.1, 0.15) is 5.82 Å². The first kappa shape index (κ1) is 19.8.